The van der Waals surface area contributed by atoms with E-state index in [2.05, 4.69) is 18.5 Å². The van der Waals surface area contributed by atoms with Gasteiger partial charge in [-0.05, 0) is 93.8 Å². The van der Waals surface area contributed by atoms with Crippen molar-refractivity contribution in [1.82, 2.24) is 23.7 Å². The summed E-state index contributed by atoms with van der Waals surface area (Å²) in [7, 11) is 0. The Morgan fingerprint density at radius 1 is 0.541 bits per heavy atom. The van der Waals surface area contributed by atoms with E-state index in [1.54, 1.807) is 68.4 Å². The maximum atomic E-state index is 9.23. The van der Waals surface area contributed by atoms with Crippen molar-refractivity contribution in [2.45, 2.75) is 6.85 Å². The van der Waals surface area contributed by atoms with Crippen molar-refractivity contribution in [3.8, 4) is 67.8 Å². The van der Waals surface area contributed by atoms with E-state index in [1.807, 2.05) is 77.4 Å². The Bertz CT molecular complexity index is 5260. The molecule has 14 rings (SSSR count). The second-order valence-electron chi connectivity index (χ2n) is 16.9. The number of hydrogen-bond acceptors (Lipinski definition) is 3. The van der Waals surface area contributed by atoms with Crippen LogP contribution in [0.1, 0.15) is 30.2 Å². The fraction of sp³-hybridized carbons (Fsp3) is 0.0152. The molecule has 0 radical (unpaired) electrons. The maximum Gasteiger partial charge on any atom is 0.268 e. The monoisotopic (exact) mass is 1150 g/mol. The number of rotatable bonds is 9. The summed E-state index contributed by atoms with van der Waals surface area (Å²) >= 11 is 0. The Morgan fingerprint density at radius 3 is 1.89 bits per heavy atom. The third kappa shape index (κ3) is 7.51. The van der Waals surface area contributed by atoms with Crippen molar-refractivity contribution >= 4 is 54.8 Å². The molecule has 74 heavy (non-hydrogen) atoms. The molecular formula is C66H42N6OPt-2. The van der Waals surface area contributed by atoms with Gasteiger partial charge in [-0.1, -0.05) is 157 Å². The summed E-state index contributed by atoms with van der Waals surface area (Å²) in [6.07, 6.45) is 6.36. The van der Waals surface area contributed by atoms with Gasteiger partial charge >= 0.3 is 0 Å². The number of para-hydroxylation sites is 3. The van der Waals surface area contributed by atoms with E-state index in [4.69, 9.17) is 33.9 Å². The Morgan fingerprint density at radius 2 is 1.18 bits per heavy atom. The van der Waals surface area contributed by atoms with Crippen LogP contribution < -0.4 is 9.30 Å². The molecule has 0 spiro atoms. The first-order valence-corrected chi connectivity index (χ1v) is 22.9. The van der Waals surface area contributed by atoms with Crippen LogP contribution >= 0.6 is 0 Å². The van der Waals surface area contributed by atoms with Crippen molar-refractivity contribution < 1.29 is 55.0 Å². The largest absolute Gasteiger partial charge is 0.510 e. The van der Waals surface area contributed by atoms with Crippen molar-refractivity contribution in [3.63, 3.8) is 0 Å². The summed E-state index contributed by atoms with van der Waals surface area (Å²) in [5, 5.41) is 3.27. The first-order chi connectivity index (χ1) is 43.5. The summed E-state index contributed by atoms with van der Waals surface area (Å²) in [6, 6.07) is 36.9. The minimum Gasteiger partial charge on any atom is -0.510 e. The minimum atomic E-state index is -2.85. The Kier molecular flexibility index (Phi) is 7.33. The molecule has 0 aliphatic heterocycles. The number of aryl methyl sites for hydroxylation is 1. The number of hydrogen-bond donors (Lipinski definition) is 0. The van der Waals surface area contributed by atoms with E-state index in [-0.39, 0.29) is 83.0 Å². The van der Waals surface area contributed by atoms with Crippen molar-refractivity contribution in [2.75, 3.05) is 0 Å². The van der Waals surface area contributed by atoms with Crippen LogP contribution in [0, 0.1) is 25.3 Å². The smallest absolute Gasteiger partial charge is 0.268 e. The van der Waals surface area contributed by atoms with Crippen LogP contribution in [0.25, 0.3) is 111 Å². The van der Waals surface area contributed by atoms with Gasteiger partial charge in [0.1, 0.15) is 11.5 Å². The standard InChI is InChI=1S/C66H42N6O.Pt/c1-44-38-64(68-42-58(44)47-22-9-4-10-23-47)72-60-32-14-11-26-54(60)56-35-34-51(41-62(56)72)73-50-25-15-24-48(39-50)69-43-70(65-52(45-18-5-2-6-19-45)28-16-29-53(65)46-20-7-3-8-21-46)61-36-33-49(40-63(61)69)71-59-31-13-12-27-55(59)57-30-17-37-67-66(57)71;/h2-38,40,42H,1H3;/q-2;/i1D3,2D,3D,4D,5D,6D,7D,8D,9D,10D,18D,19D,20D,21D,22D,23D;. The summed E-state index contributed by atoms with van der Waals surface area (Å²) in [5.41, 5.74) is 3.30. The van der Waals surface area contributed by atoms with E-state index in [0.29, 0.717) is 44.5 Å². The summed E-state index contributed by atoms with van der Waals surface area (Å²) in [5.74, 6) is 0.480. The molecule has 0 unspecified atom stereocenters. The predicted octanol–water partition coefficient (Wildman–Crippen LogP) is 15.4. The fourth-order valence-electron chi connectivity index (χ4n) is 9.66. The topological polar surface area (TPSA) is 53.7 Å². The molecule has 9 aromatic carbocycles. The molecule has 0 amide bonds. The molecule has 5 aromatic heterocycles. The normalized spacial score (nSPS) is 15.1. The average Bonchev–Trinajstić information content (AvgIpc) is 1.46. The molecule has 14 aromatic rings. The van der Waals surface area contributed by atoms with Crippen LogP contribution in [-0.4, -0.2) is 23.7 Å². The zero-order valence-electron chi connectivity index (χ0n) is 56.3. The minimum absolute atomic E-state index is 0. The van der Waals surface area contributed by atoms with Gasteiger partial charge in [0.05, 0.1) is 42.8 Å². The molecule has 354 valence electrons. The zero-order valence-corrected chi connectivity index (χ0v) is 40.5. The number of imidazole rings is 1. The van der Waals surface area contributed by atoms with Gasteiger partial charge in [0.15, 0.2) is 0 Å². The number of pyridine rings is 2. The van der Waals surface area contributed by atoms with E-state index >= 15 is 0 Å². The maximum absolute atomic E-state index is 9.23. The van der Waals surface area contributed by atoms with Gasteiger partial charge in [-0.25, -0.2) is 9.97 Å². The van der Waals surface area contributed by atoms with Crippen molar-refractivity contribution in [1.29, 1.82) is 0 Å². The molecular weight excluding hydrogens is 1090 g/mol. The van der Waals surface area contributed by atoms with Gasteiger partial charge < -0.3 is 13.9 Å². The van der Waals surface area contributed by atoms with E-state index in [9.17, 15) is 5.48 Å². The van der Waals surface area contributed by atoms with Crippen LogP contribution in [0.2, 0.25) is 0 Å². The van der Waals surface area contributed by atoms with Crippen LogP contribution in [0.3, 0.4) is 0 Å². The van der Waals surface area contributed by atoms with Gasteiger partial charge in [-0.2, -0.15) is 18.2 Å². The van der Waals surface area contributed by atoms with Crippen LogP contribution in [0.15, 0.2) is 236 Å². The molecule has 0 atom stereocenters. The molecule has 5 heterocycles. The number of nitrogens with zero attached hydrogens (tertiary/aromatic N) is 6. The van der Waals surface area contributed by atoms with Crippen molar-refractivity contribution in [3.05, 3.63) is 261 Å². The Balaban J connectivity index is 0.00000773. The zero-order chi connectivity index (χ0) is 64.0. The van der Waals surface area contributed by atoms with Gasteiger partial charge in [-0.15, -0.1) is 29.7 Å². The Labute approximate surface area is 467 Å². The molecule has 0 aliphatic rings. The van der Waals surface area contributed by atoms with Crippen LogP contribution in [-0.2, 0) is 21.1 Å². The fourth-order valence-corrected chi connectivity index (χ4v) is 9.66. The van der Waals surface area contributed by atoms with E-state index < -0.39 is 97.5 Å². The van der Waals surface area contributed by atoms with Gasteiger partial charge in [-0.3, -0.25) is 9.13 Å². The van der Waals surface area contributed by atoms with E-state index in [0.717, 1.165) is 21.7 Å². The number of fused-ring (bicyclic) bond motifs is 7. The number of aromatic nitrogens is 6. The predicted molar refractivity (Wildman–Crippen MR) is 293 cm³/mol. The van der Waals surface area contributed by atoms with Gasteiger partial charge in [0, 0.05) is 76.6 Å². The summed E-state index contributed by atoms with van der Waals surface area (Å²) in [6.45, 7) is -2.85. The SMILES string of the molecule is [2H]c1c([2H])c([2H])c(-c2cnc(-n3c4[c-]c(Oc5[c-]c(-n6[c-][n+](-c7c(-c8c([2H])c([2H])c([2H])c([2H])c8[2H])cccc7-c7c([2H])c([2H])c([2H])c([2H])c7[2H])c7ccc(-n8c9ccccc9c9cccnc98)cc76)ccc5)ccc4c4ccccc43)cc2C([2H])([2H])[2H])c([2H])c1[2H].[Pt]. The second-order valence-corrected chi connectivity index (χ2v) is 16.9. The average molecular weight is 1150 g/mol. The van der Waals surface area contributed by atoms with Crippen LogP contribution in [0.5, 0.6) is 11.5 Å². The first kappa shape index (κ1) is 29.4. The van der Waals surface area contributed by atoms with E-state index in [1.165, 1.54) is 18.3 Å². The molecule has 0 saturated carbocycles. The van der Waals surface area contributed by atoms with Crippen molar-refractivity contribution in [2.24, 2.45) is 0 Å². The van der Waals surface area contributed by atoms with Gasteiger partial charge in [0.2, 0.25) is 0 Å². The molecule has 0 saturated heterocycles. The van der Waals surface area contributed by atoms with Crippen LogP contribution in [0.4, 0.5) is 0 Å². The third-order valence-corrected chi connectivity index (χ3v) is 12.8. The molecule has 7 nitrogen and oxygen atoms in total. The summed E-state index contributed by atoms with van der Waals surface area (Å²) < 4.78 is 171. The molecule has 0 fully saturated rings. The number of benzene rings is 9. The summed E-state index contributed by atoms with van der Waals surface area (Å²) in [4.78, 5) is 9.51. The first-order valence-electron chi connectivity index (χ1n) is 31.9. The van der Waals surface area contributed by atoms with Gasteiger partial charge in [0.25, 0.3) is 6.33 Å². The molecule has 0 bridgehead atoms. The molecule has 8 heteroatoms. The number of ether oxygens (including phenoxy) is 1. The molecule has 0 N–H and O–H groups in total. The second kappa shape index (κ2) is 18.5. The quantitative estimate of drug-likeness (QED) is 0.107. The molecule has 0 aliphatic carbocycles. The Hall–Kier alpha value is -9.16. The third-order valence-electron chi connectivity index (χ3n) is 12.8.